The van der Waals surface area contributed by atoms with Gasteiger partial charge in [0.05, 0.1) is 24.8 Å². The quantitative estimate of drug-likeness (QED) is 0.878. The summed E-state index contributed by atoms with van der Waals surface area (Å²) >= 11 is 5.99. The minimum absolute atomic E-state index is 0.154. The zero-order chi connectivity index (χ0) is 17.8. The van der Waals surface area contributed by atoms with E-state index in [0.717, 1.165) is 18.5 Å². The summed E-state index contributed by atoms with van der Waals surface area (Å²) < 4.78 is 5.24. The van der Waals surface area contributed by atoms with Crippen molar-refractivity contribution in [3.8, 4) is 5.75 Å². The van der Waals surface area contributed by atoms with Crippen molar-refractivity contribution in [2.45, 2.75) is 18.8 Å². The van der Waals surface area contributed by atoms with Crippen molar-refractivity contribution in [2.75, 3.05) is 25.5 Å². The second-order valence-corrected chi connectivity index (χ2v) is 6.31. The van der Waals surface area contributed by atoms with Gasteiger partial charge in [0.15, 0.2) is 0 Å². The number of methoxy groups -OCH3 is 1. The zero-order valence-corrected chi connectivity index (χ0v) is 14.5. The first-order valence-electron chi connectivity index (χ1n) is 8.01. The van der Waals surface area contributed by atoms with Crippen LogP contribution in [0.25, 0.3) is 0 Å². The number of urea groups is 1. The maximum atomic E-state index is 12.5. The van der Waals surface area contributed by atoms with Gasteiger partial charge in [-0.2, -0.15) is 0 Å². The van der Waals surface area contributed by atoms with Gasteiger partial charge in [0.2, 0.25) is 0 Å². The predicted molar refractivity (Wildman–Crippen MR) is 95.4 cm³/mol. The molecule has 0 spiro atoms. The molecule has 2 aromatic rings. The molecule has 8 heteroatoms. The summed E-state index contributed by atoms with van der Waals surface area (Å²) in [6.45, 7) is 1.18. The summed E-state index contributed by atoms with van der Waals surface area (Å²) in [5, 5.41) is 3.37. The van der Waals surface area contributed by atoms with Gasteiger partial charge in [0.25, 0.3) is 5.56 Å². The Bertz CT molecular complexity index is 816. The third-order valence-electron chi connectivity index (χ3n) is 4.30. The van der Waals surface area contributed by atoms with E-state index in [1.165, 1.54) is 12.4 Å². The van der Waals surface area contributed by atoms with Crippen LogP contribution in [-0.2, 0) is 0 Å². The van der Waals surface area contributed by atoms with Crippen molar-refractivity contribution < 1.29 is 9.53 Å². The molecule has 1 aromatic heterocycles. The molecule has 1 aliphatic rings. The number of piperidine rings is 1. The molecule has 25 heavy (non-hydrogen) atoms. The summed E-state index contributed by atoms with van der Waals surface area (Å²) in [7, 11) is 1.54. The van der Waals surface area contributed by atoms with Crippen LogP contribution in [0.4, 0.5) is 10.5 Å². The van der Waals surface area contributed by atoms with Crippen LogP contribution < -0.4 is 15.6 Å². The summed E-state index contributed by atoms with van der Waals surface area (Å²) in [5.41, 5.74) is 1.16. The number of carbonyl (C=O) groups is 1. The van der Waals surface area contributed by atoms with E-state index in [9.17, 15) is 9.59 Å². The number of aromatic nitrogens is 2. The number of nitrogens with one attached hydrogen (secondary N) is 2. The number of aromatic amines is 1. The fourth-order valence-electron chi connectivity index (χ4n) is 2.96. The van der Waals surface area contributed by atoms with E-state index in [1.807, 2.05) is 0 Å². The Hall–Kier alpha value is -2.54. The third-order valence-corrected chi connectivity index (χ3v) is 4.54. The topological polar surface area (TPSA) is 87.3 Å². The zero-order valence-electron chi connectivity index (χ0n) is 13.8. The number of benzene rings is 1. The van der Waals surface area contributed by atoms with Gasteiger partial charge in [-0.3, -0.25) is 4.79 Å². The van der Waals surface area contributed by atoms with Crippen molar-refractivity contribution in [1.82, 2.24) is 14.9 Å². The molecule has 0 saturated carbocycles. The fraction of sp³-hybridized carbons (Fsp3) is 0.353. The minimum Gasteiger partial charge on any atom is -0.495 e. The van der Waals surface area contributed by atoms with Gasteiger partial charge in [-0.1, -0.05) is 11.6 Å². The first-order valence-corrected chi connectivity index (χ1v) is 8.38. The van der Waals surface area contributed by atoms with E-state index >= 15 is 0 Å². The average molecular weight is 363 g/mol. The maximum Gasteiger partial charge on any atom is 0.321 e. The van der Waals surface area contributed by atoms with Crippen LogP contribution in [0.2, 0.25) is 5.02 Å². The summed E-state index contributed by atoms with van der Waals surface area (Å²) in [6.07, 6.45) is 2.94. The highest BCUT2D eigenvalue weighted by Gasteiger charge is 2.25. The van der Waals surface area contributed by atoms with Gasteiger partial charge in [-0.05, 0) is 31.0 Å². The first kappa shape index (κ1) is 17.3. The lowest BCUT2D eigenvalue weighted by Crippen LogP contribution is -2.40. The van der Waals surface area contributed by atoms with Crippen LogP contribution in [-0.4, -0.2) is 41.1 Å². The number of rotatable bonds is 3. The van der Waals surface area contributed by atoms with Crippen LogP contribution in [0.1, 0.15) is 24.5 Å². The van der Waals surface area contributed by atoms with E-state index in [4.69, 9.17) is 16.3 Å². The summed E-state index contributed by atoms with van der Waals surface area (Å²) in [6, 6.07) is 6.40. The smallest absolute Gasteiger partial charge is 0.321 e. The first-order chi connectivity index (χ1) is 12.1. The predicted octanol–water partition coefficient (Wildman–Crippen LogP) is 2.84. The molecule has 1 aromatic carbocycles. The van der Waals surface area contributed by atoms with Crippen LogP contribution in [0.15, 0.2) is 35.4 Å². The third kappa shape index (κ3) is 4.11. The Balaban J connectivity index is 1.62. The second kappa shape index (κ2) is 7.57. The van der Waals surface area contributed by atoms with E-state index in [0.29, 0.717) is 29.5 Å². The molecule has 1 fully saturated rings. The SMILES string of the molecule is COc1ccc(Cl)cc1NC(=O)N1CCC(c2cc(=O)[nH]cn2)CC1. The molecule has 7 nitrogen and oxygen atoms in total. The molecule has 0 atom stereocenters. The van der Waals surface area contributed by atoms with Gasteiger partial charge in [-0.15, -0.1) is 0 Å². The van der Waals surface area contributed by atoms with Crippen molar-refractivity contribution in [1.29, 1.82) is 0 Å². The normalized spacial score (nSPS) is 15.0. The molecule has 1 aliphatic heterocycles. The van der Waals surface area contributed by atoms with Crippen molar-refractivity contribution in [2.24, 2.45) is 0 Å². The number of hydrogen-bond donors (Lipinski definition) is 2. The second-order valence-electron chi connectivity index (χ2n) is 5.87. The molecule has 0 aliphatic carbocycles. The lowest BCUT2D eigenvalue weighted by Gasteiger charge is -2.31. The van der Waals surface area contributed by atoms with Gasteiger partial charge >= 0.3 is 6.03 Å². The molecule has 0 unspecified atom stereocenters. The highest BCUT2D eigenvalue weighted by Crippen LogP contribution is 2.29. The Morgan fingerprint density at radius 1 is 1.36 bits per heavy atom. The molecule has 0 radical (unpaired) electrons. The molecular weight excluding hydrogens is 344 g/mol. The Kier molecular flexibility index (Phi) is 5.23. The number of likely N-dealkylation sites (tertiary alicyclic amines) is 1. The molecule has 132 valence electrons. The number of amides is 2. The summed E-state index contributed by atoms with van der Waals surface area (Å²) in [5.74, 6) is 0.743. The van der Waals surface area contributed by atoms with E-state index in [1.54, 1.807) is 30.2 Å². The molecule has 3 rings (SSSR count). The van der Waals surface area contributed by atoms with Crippen LogP contribution in [0, 0.1) is 0 Å². The van der Waals surface area contributed by atoms with Crippen LogP contribution >= 0.6 is 11.6 Å². The Morgan fingerprint density at radius 3 is 2.80 bits per heavy atom. The number of H-pyrrole nitrogens is 1. The molecule has 2 heterocycles. The monoisotopic (exact) mass is 362 g/mol. The molecular formula is C17H19ClN4O3. The van der Waals surface area contributed by atoms with E-state index in [2.05, 4.69) is 15.3 Å². The maximum absolute atomic E-state index is 12.5. The number of anilines is 1. The van der Waals surface area contributed by atoms with Crippen LogP contribution in [0.3, 0.4) is 0 Å². The minimum atomic E-state index is -0.196. The molecule has 1 saturated heterocycles. The number of nitrogens with zero attached hydrogens (tertiary/aromatic N) is 2. The van der Waals surface area contributed by atoms with E-state index in [-0.39, 0.29) is 17.5 Å². The van der Waals surface area contributed by atoms with E-state index < -0.39 is 0 Å². The lowest BCUT2D eigenvalue weighted by molar-refractivity contribution is 0.194. The van der Waals surface area contributed by atoms with Gasteiger partial charge in [-0.25, -0.2) is 9.78 Å². The number of hydrogen-bond acceptors (Lipinski definition) is 4. The lowest BCUT2D eigenvalue weighted by atomic mass is 9.93. The largest absolute Gasteiger partial charge is 0.495 e. The van der Waals surface area contributed by atoms with Crippen molar-refractivity contribution in [3.05, 3.63) is 51.7 Å². The van der Waals surface area contributed by atoms with Crippen molar-refractivity contribution in [3.63, 3.8) is 0 Å². The Morgan fingerprint density at radius 2 is 2.12 bits per heavy atom. The van der Waals surface area contributed by atoms with Crippen molar-refractivity contribution >= 4 is 23.3 Å². The average Bonchev–Trinajstić information content (AvgIpc) is 2.62. The highest BCUT2D eigenvalue weighted by atomic mass is 35.5. The molecule has 0 bridgehead atoms. The number of halogens is 1. The Labute approximate surface area is 150 Å². The number of carbonyl (C=O) groups excluding carboxylic acids is 1. The molecule has 2 N–H and O–H groups in total. The fourth-order valence-corrected chi connectivity index (χ4v) is 3.13. The van der Waals surface area contributed by atoms with Gasteiger partial charge < -0.3 is 19.9 Å². The standard InChI is InChI=1S/C17H19ClN4O3/c1-25-15-3-2-12(18)8-14(15)21-17(24)22-6-4-11(5-7-22)13-9-16(23)20-10-19-13/h2-3,8-11H,4-7H2,1H3,(H,21,24)(H,19,20,23). The molecule has 2 amide bonds. The number of ether oxygens (including phenoxy) is 1. The van der Waals surface area contributed by atoms with Crippen LogP contribution in [0.5, 0.6) is 5.75 Å². The summed E-state index contributed by atoms with van der Waals surface area (Å²) in [4.78, 5) is 32.4. The highest BCUT2D eigenvalue weighted by molar-refractivity contribution is 6.31. The van der Waals surface area contributed by atoms with Gasteiger partial charge in [0, 0.05) is 30.1 Å². The van der Waals surface area contributed by atoms with Gasteiger partial charge in [0.1, 0.15) is 5.75 Å².